The largest absolute Gasteiger partial charge is 0.390 e. The lowest BCUT2D eigenvalue weighted by molar-refractivity contribution is -0.133. The molecule has 1 aliphatic heterocycles. The quantitative estimate of drug-likeness (QED) is 0.107. The van der Waals surface area contributed by atoms with Gasteiger partial charge < -0.3 is 30.9 Å². The monoisotopic (exact) mass is 788 g/mol. The average Bonchev–Trinajstić information content (AvgIpc) is 3.71. The smallest absolute Gasteiger partial charge is 0.243 e. The van der Waals surface area contributed by atoms with Crippen molar-refractivity contribution in [3.63, 3.8) is 0 Å². The van der Waals surface area contributed by atoms with Crippen molar-refractivity contribution in [3.05, 3.63) is 73.1 Å². The second-order valence-corrected chi connectivity index (χ2v) is 16.3. The predicted molar refractivity (Wildman–Crippen MR) is 214 cm³/mol. The molecule has 1 saturated carbocycles. The van der Waals surface area contributed by atoms with Crippen molar-refractivity contribution >= 4 is 47.0 Å². The summed E-state index contributed by atoms with van der Waals surface area (Å²) in [4.78, 5) is 77.9. The van der Waals surface area contributed by atoms with Crippen molar-refractivity contribution in [1.82, 2.24) is 35.8 Å². The molecule has 1 aromatic carbocycles. The summed E-state index contributed by atoms with van der Waals surface area (Å²) in [7, 11) is 0. The van der Waals surface area contributed by atoms with E-state index in [0.717, 1.165) is 42.6 Å². The number of carbonyl (C=O) groups is 5. The maximum absolute atomic E-state index is 14.1. The predicted octanol–water partition coefficient (Wildman–Crippen LogP) is 3.39. The lowest BCUT2D eigenvalue weighted by Crippen LogP contribution is -2.58. The van der Waals surface area contributed by atoms with Crippen LogP contribution in [0.1, 0.15) is 77.2 Å². The molecule has 3 aromatic rings. The number of nitrogens with one attached hydrogen (secondary N) is 4. The molecule has 2 aliphatic rings. The third-order valence-electron chi connectivity index (χ3n) is 10.3. The first-order valence-electron chi connectivity index (χ1n) is 19.8. The van der Waals surface area contributed by atoms with Gasteiger partial charge in [-0.25, -0.2) is 4.98 Å². The van der Waals surface area contributed by atoms with Gasteiger partial charge in [-0.2, -0.15) is 0 Å². The highest BCUT2D eigenvalue weighted by atomic mass is 32.2. The summed E-state index contributed by atoms with van der Waals surface area (Å²) in [6.45, 7) is 4.73. The molecular formula is C41H56N8O6S. The number of aliphatic hydroxyl groups excluding tert-OH is 1. The zero-order valence-electron chi connectivity index (χ0n) is 32.4. The Bertz CT molecular complexity index is 1740. The van der Waals surface area contributed by atoms with Crippen LogP contribution in [0.4, 0.5) is 5.69 Å². The molecule has 1 aliphatic carbocycles. The van der Waals surface area contributed by atoms with E-state index in [2.05, 4.69) is 31.2 Å². The van der Waals surface area contributed by atoms with E-state index in [1.807, 2.05) is 54.9 Å². The van der Waals surface area contributed by atoms with Crippen LogP contribution in [0, 0.1) is 11.8 Å². The van der Waals surface area contributed by atoms with Crippen LogP contribution >= 0.6 is 11.8 Å². The van der Waals surface area contributed by atoms with Crippen molar-refractivity contribution in [2.45, 2.75) is 114 Å². The molecule has 1 fully saturated rings. The number of hydrogen-bond donors (Lipinski definition) is 5. The number of aliphatic hydroxyl groups is 1. The van der Waals surface area contributed by atoms with Gasteiger partial charge in [0.1, 0.15) is 18.6 Å². The number of carbonyl (C=O) groups excluding carboxylic acids is 5. The number of amides is 5. The molecule has 0 spiro atoms. The minimum Gasteiger partial charge on any atom is -0.390 e. The highest BCUT2D eigenvalue weighted by Gasteiger charge is 2.33. The summed E-state index contributed by atoms with van der Waals surface area (Å²) in [5.74, 6) is -1.60. The fraction of sp³-hybridized carbons (Fsp3) is 0.537. The standard InChI is InChI=1S/C41H56N8O6S/c1-28(2)20-32(40(54)46-31(21-29-10-5-3-6-11-29)35(50)23-37(51)44-15-9-18-48-19-17-43-27-48)47-41(55)33(22-30-12-7-4-8-13-30)45-38(52)25-49-34-24-42-16-14-36(34)56-26-39(49)53/h4,7-8,12-14,16-17,19,24,27-29,31-33,35,50H,3,5-6,9-11,15,18,20-23,25-26H2,1-2H3,(H,44,51)(H,45,52)(H,46,54)(H,47,55)/t31-,32-,33-,35-/m0/s1. The van der Waals surface area contributed by atoms with Crippen LogP contribution < -0.4 is 26.2 Å². The second kappa shape index (κ2) is 21.5. The molecule has 5 rings (SSSR count). The average molecular weight is 789 g/mol. The van der Waals surface area contributed by atoms with Crippen LogP contribution in [0.3, 0.4) is 0 Å². The number of thioether (sulfide) groups is 1. The molecule has 3 heterocycles. The Kier molecular flexibility index (Phi) is 16.3. The molecule has 2 aromatic heterocycles. The summed E-state index contributed by atoms with van der Waals surface area (Å²) >= 11 is 1.38. The van der Waals surface area contributed by atoms with Crippen LogP contribution in [0.15, 0.2) is 72.4 Å². The van der Waals surface area contributed by atoms with Gasteiger partial charge in [-0.15, -0.1) is 11.8 Å². The van der Waals surface area contributed by atoms with E-state index >= 15 is 0 Å². The van der Waals surface area contributed by atoms with E-state index in [1.54, 1.807) is 31.0 Å². The van der Waals surface area contributed by atoms with Gasteiger partial charge in [-0.05, 0) is 42.7 Å². The Morgan fingerprint density at radius 1 is 0.929 bits per heavy atom. The molecule has 4 atom stereocenters. The molecule has 0 bridgehead atoms. The maximum Gasteiger partial charge on any atom is 0.243 e. The van der Waals surface area contributed by atoms with Crippen LogP contribution in [0.2, 0.25) is 0 Å². The molecule has 5 N–H and O–H groups in total. The lowest BCUT2D eigenvalue weighted by atomic mass is 9.83. The van der Waals surface area contributed by atoms with Gasteiger partial charge in [0, 0.05) is 43.0 Å². The molecule has 56 heavy (non-hydrogen) atoms. The summed E-state index contributed by atoms with van der Waals surface area (Å²) in [5.41, 5.74) is 1.34. The Morgan fingerprint density at radius 2 is 1.70 bits per heavy atom. The van der Waals surface area contributed by atoms with Crippen molar-refractivity contribution in [3.8, 4) is 0 Å². The van der Waals surface area contributed by atoms with Crippen LogP contribution in [0.5, 0.6) is 0 Å². The van der Waals surface area contributed by atoms with E-state index in [4.69, 9.17) is 0 Å². The zero-order valence-corrected chi connectivity index (χ0v) is 33.2. The van der Waals surface area contributed by atoms with Gasteiger partial charge >= 0.3 is 0 Å². The van der Waals surface area contributed by atoms with Crippen molar-refractivity contribution in [1.29, 1.82) is 0 Å². The van der Waals surface area contributed by atoms with Crippen molar-refractivity contribution < 1.29 is 29.1 Å². The molecular weight excluding hydrogens is 733 g/mol. The first kappa shape index (κ1) is 42.4. The summed E-state index contributed by atoms with van der Waals surface area (Å²) in [6.07, 6.45) is 14.1. The van der Waals surface area contributed by atoms with E-state index in [0.29, 0.717) is 44.0 Å². The minimum atomic E-state index is -1.13. The fourth-order valence-electron chi connectivity index (χ4n) is 7.33. The molecule has 14 nitrogen and oxygen atoms in total. The van der Waals surface area contributed by atoms with Crippen LogP contribution in [-0.2, 0) is 36.9 Å². The normalized spacial score (nSPS) is 16.6. The maximum atomic E-state index is 14.1. The second-order valence-electron chi connectivity index (χ2n) is 15.2. The van der Waals surface area contributed by atoms with E-state index in [-0.39, 0.29) is 42.9 Å². The highest BCUT2D eigenvalue weighted by molar-refractivity contribution is 8.00. The van der Waals surface area contributed by atoms with Gasteiger partial charge in [0.25, 0.3) is 0 Å². The highest BCUT2D eigenvalue weighted by Crippen LogP contribution is 2.34. The summed E-state index contributed by atoms with van der Waals surface area (Å²) in [6, 6.07) is 8.30. The number of fused-ring (bicyclic) bond motifs is 1. The Labute approximate surface area is 333 Å². The molecule has 15 heteroatoms. The Morgan fingerprint density at radius 3 is 2.43 bits per heavy atom. The van der Waals surface area contributed by atoms with Crippen molar-refractivity contribution in [2.75, 3.05) is 23.7 Å². The number of nitrogens with zero attached hydrogens (tertiary/aromatic N) is 4. The van der Waals surface area contributed by atoms with Crippen molar-refractivity contribution in [2.24, 2.45) is 11.8 Å². The van der Waals surface area contributed by atoms with Crippen LogP contribution in [0.25, 0.3) is 0 Å². The number of rotatable bonds is 20. The third-order valence-corrected chi connectivity index (χ3v) is 11.3. The molecule has 0 radical (unpaired) electrons. The first-order valence-corrected chi connectivity index (χ1v) is 20.8. The summed E-state index contributed by atoms with van der Waals surface area (Å²) in [5, 5.41) is 23.1. The number of benzene rings is 1. The van der Waals surface area contributed by atoms with E-state index in [1.165, 1.54) is 16.7 Å². The number of aryl methyl sites for hydroxylation is 1. The Hall–Kier alpha value is -4.76. The minimum absolute atomic E-state index is 0.0136. The molecule has 0 saturated heterocycles. The van der Waals surface area contributed by atoms with Gasteiger partial charge in [0.15, 0.2) is 0 Å². The number of aromatic nitrogens is 3. The number of pyridine rings is 1. The number of hydrogen-bond acceptors (Lipinski definition) is 9. The fourth-order valence-corrected chi connectivity index (χ4v) is 8.23. The van der Waals surface area contributed by atoms with E-state index in [9.17, 15) is 29.1 Å². The molecule has 0 unspecified atom stereocenters. The number of imidazole rings is 1. The van der Waals surface area contributed by atoms with Gasteiger partial charge in [-0.1, -0.05) is 76.3 Å². The molecule has 302 valence electrons. The Balaban J connectivity index is 1.26. The number of anilines is 1. The summed E-state index contributed by atoms with van der Waals surface area (Å²) < 4.78 is 1.93. The molecule has 5 amide bonds. The lowest BCUT2D eigenvalue weighted by Gasteiger charge is -2.32. The third kappa shape index (κ3) is 13.2. The van der Waals surface area contributed by atoms with Crippen LogP contribution in [-0.4, -0.2) is 92.2 Å². The van der Waals surface area contributed by atoms with Gasteiger partial charge in [0.05, 0.1) is 42.5 Å². The topological polar surface area (TPSA) is 188 Å². The first-order chi connectivity index (χ1) is 27.0. The SMILES string of the molecule is CC(C)C[C@H](NC(=O)[C@H](Cc1ccccc1)NC(=O)CN1C(=O)CSc2ccncc21)C(=O)N[C@@H](CC1CCCCC1)[C@@H](O)CC(=O)NCCCn1ccnc1. The van der Waals surface area contributed by atoms with E-state index < -0.39 is 42.0 Å². The zero-order chi connectivity index (χ0) is 39.9. The van der Waals surface area contributed by atoms with Gasteiger partial charge in [-0.3, -0.25) is 33.9 Å². The van der Waals surface area contributed by atoms with Gasteiger partial charge in [0.2, 0.25) is 29.5 Å².